The highest BCUT2D eigenvalue weighted by Crippen LogP contribution is 2.28. The number of rotatable bonds is 3. The van der Waals surface area contributed by atoms with Gasteiger partial charge in [-0.3, -0.25) is 0 Å². The van der Waals surface area contributed by atoms with Crippen LogP contribution in [0.15, 0.2) is 23.1 Å². The van der Waals surface area contributed by atoms with E-state index in [1.54, 1.807) is 12.1 Å². The zero-order chi connectivity index (χ0) is 13.8. The summed E-state index contributed by atoms with van der Waals surface area (Å²) in [6.07, 6.45) is 4.01. The van der Waals surface area contributed by atoms with Gasteiger partial charge < -0.3 is 15.7 Å². The number of thioether (sulfide) groups is 1. The Morgan fingerprint density at radius 2 is 2.26 bits per heavy atom. The van der Waals surface area contributed by atoms with Crippen molar-refractivity contribution >= 4 is 35.1 Å². The zero-order valence-corrected chi connectivity index (χ0v) is 12.2. The van der Waals surface area contributed by atoms with Crippen molar-refractivity contribution in [3.63, 3.8) is 0 Å². The molecule has 0 aromatic heterocycles. The molecule has 0 unspecified atom stereocenters. The van der Waals surface area contributed by atoms with Crippen LogP contribution in [-0.2, 0) is 0 Å². The lowest BCUT2D eigenvalue weighted by Crippen LogP contribution is -2.42. The topological polar surface area (TPSA) is 61.4 Å². The van der Waals surface area contributed by atoms with E-state index >= 15 is 0 Å². The van der Waals surface area contributed by atoms with Crippen molar-refractivity contribution in [3.05, 3.63) is 23.2 Å². The summed E-state index contributed by atoms with van der Waals surface area (Å²) in [6.45, 7) is 0. The van der Waals surface area contributed by atoms with E-state index in [2.05, 4.69) is 10.6 Å². The van der Waals surface area contributed by atoms with Gasteiger partial charge in [0, 0.05) is 9.92 Å². The van der Waals surface area contributed by atoms with Crippen LogP contribution >= 0.6 is 23.4 Å². The number of amides is 2. The number of carbonyl (C=O) groups excluding carboxylic acids is 1. The second-order valence-electron chi connectivity index (χ2n) is 4.55. The predicted octanol–water partition coefficient (Wildman–Crippen LogP) is 3.10. The fourth-order valence-corrected chi connectivity index (χ4v) is 2.92. The minimum absolute atomic E-state index is 0.156. The number of carbonyl (C=O) groups is 1. The predicted molar refractivity (Wildman–Crippen MR) is 79.0 cm³/mol. The van der Waals surface area contributed by atoms with Gasteiger partial charge in [-0.25, -0.2) is 4.79 Å². The Morgan fingerprint density at radius 3 is 2.89 bits per heavy atom. The van der Waals surface area contributed by atoms with Crippen LogP contribution in [0, 0.1) is 0 Å². The first-order chi connectivity index (χ1) is 9.10. The average Bonchev–Trinajstić information content (AvgIpc) is 2.75. The van der Waals surface area contributed by atoms with E-state index < -0.39 is 6.10 Å². The minimum atomic E-state index is -0.440. The Morgan fingerprint density at radius 1 is 1.47 bits per heavy atom. The number of halogens is 1. The van der Waals surface area contributed by atoms with Gasteiger partial charge in [-0.05, 0) is 43.7 Å². The second kappa shape index (κ2) is 6.50. The lowest BCUT2D eigenvalue weighted by molar-refractivity contribution is 0.151. The smallest absolute Gasteiger partial charge is 0.319 e. The molecule has 0 bridgehead atoms. The van der Waals surface area contributed by atoms with Crippen LogP contribution in [0.2, 0.25) is 5.02 Å². The summed E-state index contributed by atoms with van der Waals surface area (Å²) in [6, 6.07) is 4.92. The molecule has 0 aliphatic heterocycles. The van der Waals surface area contributed by atoms with Crippen molar-refractivity contribution in [3.8, 4) is 0 Å². The third kappa shape index (κ3) is 3.78. The van der Waals surface area contributed by atoms with Crippen LogP contribution in [0.5, 0.6) is 0 Å². The van der Waals surface area contributed by atoms with Gasteiger partial charge in [0.25, 0.3) is 0 Å². The van der Waals surface area contributed by atoms with Gasteiger partial charge in [0.05, 0.1) is 17.8 Å². The molecule has 104 valence electrons. The molecule has 19 heavy (non-hydrogen) atoms. The van der Waals surface area contributed by atoms with E-state index in [9.17, 15) is 9.90 Å². The fraction of sp³-hybridized carbons (Fsp3) is 0.462. The molecule has 1 aliphatic rings. The molecule has 6 heteroatoms. The van der Waals surface area contributed by atoms with E-state index in [-0.39, 0.29) is 12.1 Å². The Labute approximate surface area is 121 Å². The molecule has 3 N–H and O–H groups in total. The number of benzene rings is 1. The number of aliphatic hydroxyl groups excluding tert-OH is 1. The summed E-state index contributed by atoms with van der Waals surface area (Å²) >= 11 is 7.47. The first-order valence-corrected chi connectivity index (χ1v) is 7.79. The molecule has 1 aliphatic carbocycles. The van der Waals surface area contributed by atoms with Crippen molar-refractivity contribution < 1.29 is 9.90 Å². The first kappa shape index (κ1) is 14.5. The van der Waals surface area contributed by atoms with E-state index in [0.717, 1.165) is 24.2 Å². The van der Waals surface area contributed by atoms with Crippen molar-refractivity contribution in [1.29, 1.82) is 0 Å². The van der Waals surface area contributed by atoms with Crippen LogP contribution in [0.3, 0.4) is 0 Å². The molecule has 2 rings (SSSR count). The summed E-state index contributed by atoms with van der Waals surface area (Å²) in [5, 5.41) is 15.8. The molecule has 2 amide bonds. The van der Waals surface area contributed by atoms with Gasteiger partial charge in [0.1, 0.15) is 0 Å². The van der Waals surface area contributed by atoms with Gasteiger partial charge in [-0.1, -0.05) is 11.6 Å². The highest BCUT2D eigenvalue weighted by Gasteiger charge is 2.26. The summed E-state index contributed by atoms with van der Waals surface area (Å²) in [5.41, 5.74) is 0.685. The second-order valence-corrected chi connectivity index (χ2v) is 5.83. The lowest BCUT2D eigenvalue weighted by Gasteiger charge is -2.17. The zero-order valence-electron chi connectivity index (χ0n) is 10.6. The Balaban J connectivity index is 2.00. The number of anilines is 1. The molecule has 0 saturated heterocycles. The van der Waals surface area contributed by atoms with E-state index in [1.807, 2.05) is 12.3 Å². The highest BCUT2D eigenvalue weighted by molar-refractivity contribution is 7.98. The summed E-state index contributed by atoms with van der Waals surface area (Å²) < 4.78 is 0. The number of hydrogen-bond acceptors (Lipinski definition) is 3. The van der Waals surface area contributed by atoms with E-state index in [4.69, 9.17) is 11.6 Å². The number of urea groups is 1. The van der Waals surface area contributed by atoms with Gasteiger partial charge in [-0.2, -0.15) is 0 Å². The molecule has 4 nitrogen and oxygen atoms in total. The molecule has 1 saturated carbocycles. The van der Waals surface area contributed by atoms with Gasteiger partial charge in [0.2, 0.25) is 0 Å². The van der Waals surface area contributed by atoms with Gasteiger partial charge in [0.15, 0.2) is 0 Å². The number of nitrogens with one attached hydrogen (secondary N) is 2. The normalized spacial score (nSPS) is 22.3. The monoisotopic (exact) mass is 300 g/mol. The largest absolute Gasteiger partial charge is 0.391 e. The van der Waals surface area contributed by atoms with Gasteiger partial charge in [-0.15, -0.1) is 11.8 Å². The maximum Gasteiger partial charge on any atom is 0.319 e. The maximum absolute atomic E-state index is 11.9. The van der Waals surface area contributed by atoms with Crippen molar-refractivity contribution in [1.82, 2.24) is 5.32 Å². The van der Waals surface area contributed by atoms with Crippen LogP contribution in [0.25, 0.3) is 0 Å². The summed E-state index contributed by atoms with van der Waals surface area (Å²) in [5.74, 6) is 0. The molecule has 2 atom stereocenters. The maximum atomic E-state index is 11.9. The Hall–Kier alpha value is -0.910. The van der Waals surface area contributed by atoms with Crippen molar-refractivity contribution in [2.45, 2.75) is 36.3 Å². The Kier molecular flexibility index (Phi) is 4.96. The molecular formula is C13H17ClN2O2S. The third-order valence-corrected chi connectivity index (χ3v) is 4.24. The molecule has 0 spiro atoms. The lowest BCUT2D eigenvalue weighted by atomic mass is 10.2. The SMILES string of the molecule is CSc1ccc(Cl)cc1NC(=O)N[C@H]1CCC[C@@H]1O. The van der Waals surface area contributed by atoms with Crippen LogP contribution in [0.4, 0.5) is 10.5 Å². The average molecular weight is 301 g/mol. The van der Waals surface area contributed by atoms with Crippen LogP contribution in [-0.4, -0.2) is 29.5 Å². The molecule has 1 aromatic carbocycles. The first-order valence-electron chi connectivity index (χ1n) is 6.19. The molecule has 1 aromatic rings. The van der Waals surface area contributed by atoms with Crippen molar-refractivity contribution in [2.75, 3.05) is 11.6 Å². The molecular weight excluding hydrogens is 284 g/mol. The van der Waals surface area contributed by atoms with E-state index in [0.29, 0.717) is 10.7 Å². The molecule has 1 fully saturated rings. The van der Waals surface area contributed by atoms with Gasteiger partial charge >= 0.3 is 6.03 Å². The minimum Gasteiger partial charge on any atom is -0.391 e. The quantitative estimate of drug-likeness (QED) is 0.752. The third-order valence-electron chi connectivity index (χ3n) is 3.21. The summed E-state index contributed by atoms with van der Waals surface area (Å²) in [4.78, 5) is 12.9. The van der Waals surface area contributed by atoms with E-state index in [1.165, 1.54) is 11.8 Å². The van der Waals surface area contributed by atoms with Crippen molar-refractivity contribution in [2.24, 2.45) is 0 Å². The highest BCUT2D eigenvalue weighted by atomic mass is 35.5. The molecule has 0 radical (unpaired) electrons. The Bertz CT molecular complexity index is 470. The van der Waals surface area contributed by atoms with Crippen LogP contribution < -0.4 is 10.6 Å². The summed E-state index contributed by atoms with van der Waals surface area (Å²) in [7, 11) is 0. The molecule has 0 heterocycles. The number of hydrogen-bond donors (Lipinski definition) is 3. The van der Waals surface area contributed by atoms with Crippen LogP contribution in [0.1, 0.15) is 19.3 Å². The standard InChI is InChI=1S/C13H17ClN2O2S/c1-19-12-6-5-8(14)7-10(12)16-13(18)15-9-3-2-4-11(9)17/h5-7,9,11,17H,2-4H2,1H3,(H2,15,16,18)/t9-,11-/m0/s1. The fourth-order valence-electron chi connectivity index (χ4n) is 2.21. The number of aliphatic hydroxyl groups is 1.